The van der Waals surface area contributed by atoms with Gasteiger partial charge in [-0.3, -0.25) is 14.9 Å². The average molecular weight is 530 g/mol. The fourth-order valence-corrected chi connectivity index (χ4v) is 4.12. The maximum Gasteiger partial charge on any atom is 0.410 e. The van der Waals surface area contributed by atoms with Crippen LogP contribution in [-0.2, 0) is 24.3 Å². The summed E-state index contributed by atoms with van der Waals surface area (Å²) >= 11 is 0. The van der Waals surface area contributed by atoms with Gasteiger partial charge in [-0.2, -0.15) is 0 Å². The Balaban J connectivity index is 1.57. The highest BCUT2D eigenvalue weighted by molar-refractivity contribution is 5.87. The van der Waals surface area contributed by atoms with Crippen LogP contribution in [0.15, 0.2) is 83.7 Å². The molecule has 4 rings (SSSR count). The second kappa shape index (κ2) is 11.8. The van der Waals surface area contributed by atoms with E-state index in [1.807, 2.05) is 42.5 Å². The number of hydrogen-bond donors (Lipinski definition) is 1. The van der Waals surface area contributed by atoms with Gasteiger partial charge in [-0.05, 0) is 56.0 Å². The van der Waals surface area contributed by atoms with Crippen LogP contribution in [0, 0.1) is 10.1 Å². The minimum atomic E-state index is -0.686. The molecule has 0 aliphatic heterocycles. The van der Waals surface area contributed by atoms with Crippen LogP contribution in [0.1, 0.15) is 37.5 Å². The molecule has 0 unspecified atom stereocenters. The van der Waals surface area contributed by atoms with Gasteiger partial charge in [0.05, 0.1) is 10.4 Å². The fraction of sp³-hybridized carbons (Fsp3) is 0.267. The lowest BCUT2D eigenvalue weighted by Gasteiger charge is -2.27. The van der Waals surface area contributed by atoms with Crippen LogP contribution in [0.2, 0.25) is 0 Å². The Bertz CT molecular complexity index is 1510. The first-order valence-electron chi connectivity index (χ1n) is 12.6. The van der Waals surface area contributed by atoms with Gasteiger partial charge >= 0.3 is 6.09 Å². The number of aromatic amines is 1. The van der Waals surface area contributed by atoms with Crippen LogP contribution in [-0.4, -0.2) is 33.0 Å². The standard InChI is InChI=1S/C30H31N3O6/c1-30(2,3)39-29(35)32(19-21-9-12-24(13-10-21)33(36)37)18-17-23-11-15-26(28-25(23)14-16-27(34)31-28)38-20-22-7-5-4-6-8-22/h4-16H,17-20H2,1-3H3,(H,31,34). The number of aromatic nitrogens is 1. The third-order valence-electron chi connectivity index (χ3n) is 6.01. The summed E-state index contributed by atoms with van der Waals surface area (Å²) in [6.45, 7) is 6.30. The highest BCUT2D eigenvalue weighted by Crippen LogP contribution is 2.28. The molecule has 1 amide bonds. The number of carbonyl (C=O) groups excluding carboxylic acids is 1. The maximum absolute atomic E-state index is 13.1. The molecule has 0 bridgehead atoms. The van der Waals surface area contributed by atoms with Crippen molar-refractivity contribution >= 4 is 22.7 Å². The first-order valence-corrected chi connectivity index (χ1v) is 12.6. The molecule has 9 heteroatoms. The molecule has 1 aromatic heterocycles. The molecule has 0 atom stereocenters. The van der Waals surface area contributed by atoms with E-state index in [0.29, 0.717) is 30.8 Å². The number of nitro benzene ring substituents is 1. The first kappa shape index (κ1) is 27.4. The minimum absolute atomic E-state index is 0.0161. The van der Waals surface area contributed by atoms with Gasteiger partial charge in [-0.15, -0.1) is 0 Å². The smallest absolute Gasteiger partial charge is 0.410 e. The summed E-state index contributed by atoms with van der Waals surface area (Å²) in [4.78, 5) is 40.2. The number of fused-ring (bicyclic) bond motifs is 1. The summed E-state index contributed by atoms with van der Waals surface area (Å²) < 4.78 is 11.7. The number of nitrogens with zero attached hydrogens (tertiary/aromatic N) is 2. The molecule has 1 heterocycles. The van der Waals surface area contributed by atoms with E-state index in [1.165, 1.54) is 18.2 Å². The summed E-state index contributed by atoms with van der Waals surface area (Å²) in [5, 5.41) is 11.8. The normalized spacial score (nSPS) is 11.3. The molecule has 0 fully saturated rings. The third kappa shape index (κ3) is 7.44. The molecule has 0 spiro atoms. The van der Waals surface area contributed by atoms with E-state index in [0.717, 1.165) is 22.1 Å². The number of non-ortho nitro benzene ring substituents is 1. The Hall–Kier alpha value is -4.66. The zero-order chi connectivity index (χ0) is 28.0. The molecule has 39 heavy (non-hydrogen) atoms. The van der Waals surface area contributed by atoms with E-state index in [4.69, 9.17) is 9.47 Å². The van der Waals surface area contributed by atoms with Crippen molar-refractivity contribution in [2.24, 2.45) is 0 Å². The van der Waals surface area contributed by atoms with Gasteiger partial charge in [0, 0.05) is 36.7 Å². The molecule has 9 nitrogen and oxygen atoms in total. The number of amides is 1. The Kier molecular flexibility index (Phi) is 8.29. The Labute approximate surface area is 226 Å². The predicted molar refractivity (Wildman–Crippen MR) is 149 cm³/mol. The van der Waals surface area contributed by atoms with E-state index in [2.05, 4.69) is 4.98 Å². The third-order valence-corrected chi connectivity index (χ3v) is 6.01. The lowest BCUT2D eigenvalue weighted by molar-refractivity contribution is -0.384. The SMILES string of the molecule is CC(C)(C)OC(=O)N(CCc1ccc(OCc2ccccc2)c2[nH]c(=O)ccc12)Cc1ccc([N+](=O)[O-])cc1. The molecule has 0 aliphatic rings. The van der Waals surface area contributed by atoms with Crippen LogP contribution in [0.25, 0.3) is 10.9 Å². The highest BCUT2D eigenvalue weighted by atomic mass is 16.6. The summed E-state index contributed by atoms with van der Waals surface area (Å²) in [6, 6.07) is 22.8. The Morgan fingerprint density at radius 3 is 2.33 bits per heavy atom. The van der Waals surface area contributed by atoms with E-state index < -0.39 is 16.6 Å². The van der Waals surface area contributed by atoms with Crippen molar-refractivity contribution in [1.29, 1.82) is 0 Å². The van der Waals surface area contributed by atoms with Gasteiger partial charge in [-0.25, -0.2) is 4.79 Å². The number of carbonyl (C=O) groups is 1. The van der Waals surface area contributed by atoms with Gasteiger partial charge < -0.3 is 19.4 Å². The van der Waals surface area contributed by atoms with Crippen LogP contribution < -0.4 is 10.3 Å². The van der Waals surface area contributed by atoms with Crippen molar-refractivity contribution < 1.29 is 19.2 Å². The quantitative estimate of drug-likeness (QED) is 0.210. The number of nitrogens with one attached hydrogen (secondary N) is 1. The van der Waals surface area contributed by atoms with Crippen LogP contribution >= 0.6 is 0 Å². The lowest BCUT2D eigenvalue weighted by Crippen LogP contribution is -2.37. The molecular formula is C30H31N3O6. The summed E-state index contributed by atoms with van der Waals surface area (Å²) in [5.41, 5.74) is 2.32. The number of rotatable bonds is 9. The lowest BCUT2D eigenvalue weighted by atomic mass is 10.0. The zero-order valence-corrected chi connectivity index (χ0v) is 22.2. The molecule has 0 aliphatic carbocycles. The summed E-state index contributed by atoms with van der Waals surface area (Å²) in [6.07, 6.45) is -0.00494. The van der Waals surface area contributed by atoms with Crippen molar-refractivity contribution in [3.8, 4) is 5.75 Å². The number of ether oxygens (including phenoxy) is 2. The second-order valence-corrected chi connectivity index (χ2v) is 10.2. The van der Waals surface area contributed by atoms with E-state index in [1.54, 1.807) is 43.9 Å². The molecule has 1 N–H and O–H groups in total. The monoisotopic (exact) mass is 529 g/mol. The summed E-state index contributed by atoms with van der Waals surface area (Å²) in [7, 11) is 0. The molecule has 4 aromatic rings. The maximum atomic E-state index is 13.1. The van der Waals surface area contributed by atoms with Gasteiger partial charge in [-0.1, -0.05) is 48.5 Å². The fourth-order valence-electron chi connectivity index (χ4n) is 4.12. The molecule has 0 saturated heterocycles. The van der Waals surface area contributed by atoms with Crippen LogP contribution in [0.5, 0.6) is 5.75 Å². The molecule has 3 aromatic carbocycles. The molecular weight excluding hydrogens is 498 g/mol. The number of benzene rings is 3. The zero-order valence-electron chi connectivity index (χ0n) is 22.2. The van der Waals surface area contributed by atoms with Crippen molar-refractivity contribution in [2.45, 2.75) is 45.9 Å². The second-order valence-electron chi connectivity index (χ2n) is 10.2. The van der Waals surface area contributed by atoms with Gasteiger partial charge in [0.15, 0.2) is 0 Å². The van der Waals surface area contributed by atoms with E-state index >= 15 is 0 Å². The van der Waals surface area contributed by atoms with Crippen molar-refractivity contribution in [1.82, 2.24) is 9.88 Å². The van der Waals surface area contributed by atoms with Crippen molar-refractivity contribution in [3.63, 3.8) is 0 Å². The predicted octanol–water partition coefficient (Wildman–Crippen LogP) is 6.00. The van der Waals surface area contributed by atoms with Gasteiger partial charge in [0.1, 0.15) is 18.0 Å². The van der Waals surface area contributed by atoms with Crippen LogP contribution in [0.4, 0.5) is 10.5 Å². The van der Waals surface area contributed by atoms with Crippen molar-refractivity contribution in [3.05, 3.63) is 116 Å². The largest absolute Gasteiger partial charge is 0.487 e. The number of nitro groups is 1. The summed E-state index contributed by atoms with van der Waals surface area (Å²) in [5.74, 6) is 0.560. The van der Waals surface area contributed by atoms with E-state index in [9.17, 15) is 19.7 Å². The average Bonchev–Trinajstić information content (AvgIpc) is 2.90. The highest BCUT2D eigenvalue weighted by Gasteiger charge is 2.23. The van der Waals surface area contributed by atoms with Crippen molar-refractivity contribution in [2.75, 3.05) is 6.54 Å². The molecule has 0 radical (unpaired) electrons. The minimum Gasteiger partial charge on any atom is -0.487 e. The molecule has 202 valence electrons. The van der Waals surface area contributed by atoms with Gasteiger partial charge in [0.25, 0.3) is 5.69 Å². The number of hydrogen-bond acceptors (Lipinski definition) is 6. The number of H-pyrrole nitrogens is 1. The van der Waals surface area contributed by atoms with E-state index in [-0.39, 0.29) is 17.8 Å². The Morgan fingerprint density at radius 2 is 1.67 bits per heavy atom. The molecule has 0 saturated carbocycles. The number of pyridine rings is 1. The Morgan fingerprint density at radius 1 is 0.949 bits per heavy atom. The van der Waals surface area contributed by atoms with Crippen LogP contribution in [0.3, 0.4) is 0 Å². The van der Waals surface area contributed by atoms with Gasteiger partial charge in [0.2, 0.25) is 5.56 Å². The first-order chi connectivity index (χ1) is 18.6. The topological polar surface area (TPSA) is 115 Å².